The molecule has 0 spiro atoms. The lowest BCUT2D eigenvalue weighted by Gasteiger charge is -2.08. The molecule has 0 saturated heterocycles. The van der Waals surface area contributed by atoms with Crippen molar-refractivity contribution in [2.24, 2.45) is 5.10 Å². The van der Waals surface area contributed by atoms with Gasteiger partial charge in [0.25, 0.3) is 0 Å². The summed E-state index contributed by atoms with van der Waals surface area (Å²) < 4.78 is 1.04. The first-order valence-corrected chi connectivity index (χ1v) is 9.62. The van der Waals surface area contributed by atoms with E-state index in [1.807, 2.05) is 91.0 Å². The largest absolute Gasteiger partial charge is 0.261 e. The number of benzene rings is 3. The molecule has 1 aromatic heterocycles. The lowest BCUT2D eigenvalue weighted by molar-refractivity contribution is 1.15. The maximum Gasteiger partial charge on any atom is 0.162 e. The molecule has 1 N–H and O–H groups in total. The van der Waals surface area contributed by atoms with Crippen molar-refractivity contribution in [1.29, 1.82) is 0 Å². The maximum atomic E-state index is 4.74. The zero-order chi connectivity index (χ0) is 19.2. The van der Waals surface area contributed by atoms with Gasteiger partial charge in [0, 0.05) is 21.7 Å². The Labute approximate surface area is 172 Å². The van der Waals surface area contributed by atoms with Crippen molar-refractivity contribution in [3.8, 4) is 22.6 Å². The van der Waals surface area contributed by atoms with Gasteiger partial charge in [-0.15, -0.1) is 0 Å². The molecule has 0 aliphatic rings. The highest BCUT2D eigenvalue weighted by molar-refractivity contribution is 9.10. The van der Waals surface area contributed by atoms with E-state index in [9.17, 15) is 0 Å². The van der Waals surface area contributed by atoms with Crippen LogP contribution in [0.5, 0.6) is 0 Å². The number of nitrogens with one attached hydrogen (secondary N) is 1. The van der Waals surface area contributed by atoms with Crippen LogP contribution in [-0.4, -0.2) is 16.2 Å². The van der Waals surface area contributed by atoms with Gasteiger partial charge in [-0.05, 0) is 17.7 Å². The number of rotatable bonds is 5. The molecule has 0 bridgehead atoms. The summed E-state index contributed by atoms with van der Waals surface area (Å²) in [5.41, 5.74) is 6.86. The van der Waals surface area contributed by atoms with Crippen molar-refractivity contribution >= 4 is 28.0 Å². The van der Waals surface area contributed by atoms with Crippen LogP contribution in [0.3, 0.4) is 0 Å². The Kier molecular flexibility index (Phi) is 5.54. The molecule has 28 heavy (non-hydrogen) atoms. The molecule has 0 unspecified atom stereocenters. The Morgan fingerprint density at radius 3 is 2.07 bits per heavy atom. The molecule has 4 nitrogen and oxygen atoms in total. The second kappa shape index (κ2) is 8.59. The highest BCUT2D eigenvalue weighted by Crippen LogP contribution is 2.24. The van der Waals surface area contributed by atoms with Crippen molar-refractivity contribution < 1.29 is 0 Å². The van der Waals surface area contributed by atoms with Gasteiger partial charge in [0.15, 0.2) is 11.6 Å². The highest BCUT2D eigenvalue weighted by Gasteiger charge is 2.08. The van der Waals surface area contributed by atoms with Crippen molar-refractivity contribution in [3.05, 3.63) is 101 Å². The molecule has 4 aromatic rings. The fourth-order valence-corrected chi connectivity index (χ4v) is 2.96. The summed E-state index contributed by atoms with van der Waals surface area (Å²) in [6.07, 6.45) is 1.76. The first kappa shape index (κ1) is 18.1. The van der Waals surface area contributed by atoms with E-state index in [1.165, 1.54) is 0 Å². The predicted octanol–water partition coefficient (Wildman–Crippen LogP) is 6.02. The van der Waals surface area contributed by atoms with E-state index < -0.39 is 0 Å². The van der Waals surface area contributed by atoms with Crippen LogP contribution in [0.1, 0.15) is 5.56 Å². The molecule has 4 rings (SSSR count). The van der Waals surface area contributed by atoms with E-state index in [2.05, 4.69) is 31.4 Å². The second-order valence-electron chi connectivity index (χ2n) is 6.12. The van der Waals surface area contributed by atoms with Gasteiger partial charge in [-0.3, -0.25) is 5.43 Å². The van der Waals surface area contributed by atoms with Gasteiger partial charge in [0.05, 0.1) is 11.9 Å². The third-order valence-electron chi connectivity index (χ3n) is 4.09. The van der Waals surface area contributed by atoms with E-state index in [0.29, 0.717) is 11.6 Å². The molecule has 0 amide bonds. The third kappa shape index (κ3) is 4.50. The van der Waals surface area contributed by atoms with E-state index in [4.69, 9.17) is 4.98 Å². The molecule has 0 fully saturated rings. The summed E-state index contributed by atoms with van der Waals surface area (Å²) in [5.74, 6) is 1.30. The molecular weight excluding hydrogens is 412 g/mol. The Hall–Kier alpha value is -3.31. The van der Waals surface area contributed by atoms with Crippen molar-refractivity contribution in [1.82, 2.24) is 9.97 Å². The van der Waals surface area contributed by atoms with Crippen LogP contribution in [0, 0.1) is 0 Å². The van der Waals surface area contributed by atoms with Gasteiger partial charge < -0.3 is 0 Å². The first-order chi connectivity index (χ1) is 13.8. The Morgan fingerprint density at radius 1 is 0.750 bits per heavy atom. The fourth-order valence-electron chi connectivity index (χ4n) is 2.70. The van der Waals surface area contributed by atoms with Gasteiger partial charge >= 0.3 is 0 Å². The summed E-state index contributed by atoms with van der Waals surface area (Å²) in [7, 11) is 0. The monoisotopic (exact) mass is 428 g/mol. The molecule has 1 heterocycles. The van der Waals surface area contributed by atoms with E-state index >= 15 is 0 Å². The van der Waals surface area contributed by atoms with Crippen LogP contribution in [-0.2, 0) is 0 Å². The van der Waals surface area contributed by atoms with Crippen LogP contribution in [0.15, 0.2) is 101 Å². The minimum atomic E-state index is 0.640. The zero-order valence-electron chi connectivity index (χ0n) is 15.0. The Balaban J connectivity index is 1.66. The standard InChI is InChI=1S/C23H17BrN4/c24-20-13-11-17(12-14-20)16-25-28-22-15-21(18-7-3-1-4-8-18)26-23(27-22)19-9-5-2-6-10-19/h1-16H,(H,26,27,28)/b25-16+. The smallest absolute Gasteiger partial charge is 0.162 e. The lowest BCUT2D eigenvalue weighted by Crippen LogP contribution is -1.99. The minimum Gasteiger partial charge on any atom is -0.261 e. The lowest BCUT2D eigenvalue weighted by atomic mass is 10.1. The van der Waals surface area contributed by atoms with Gasteiger partial charge in [-0.2, -0.15) is 5.10 Å². The van der Waals surface area contributed by atoms with E-state index in [1.54, 1.807) is 6.21 Å². The summed E-state index contributed by atoms with van der Waals surface area (Å²) in [5, 5.41) is 4.33. The average Bonchev–Trinajstić information content (AvgIpc) is 2.76. The summed E-state index contributed by atoms with van der Waals surface area (Å²) in [6, 6.07) is 29.8. The van der Waals surface area contributed by atoms with E-state index in [0.717, 1.165) is 26.9 Å². The molecule has 5 heteroatoms. The van der Waals surface area contributed by atoms with Crippen molar-refractivity contribution in [2.45, 2.75) is 0 Å². The Bertz CT molecular complexity index is 1020. The summed E-state index contributed by atoms with van der Waals surface area (Å²) >= 11 is 3.43. The van der Waals surface area contributed by atoms with E-state index in [-0.39, 0.29) is 0 Å². The molecule has 3 aromatic carbocycles. The zero-order valence-corrected chi connectivity index (χ0v) is 16.5. The van der Waals surface area contributed by atoms with Crippen LogP contribution in [0.2, 0.25) is 0 Å². The average molecular weight is 429 g/mol. The van der Waals surface area contributed by atoms with Crippen LogP contribution >= 0.6 is 15.9 Å². The SMILES string of the molecule is Brc1ccc(/C=N/Nc2cc(-c3ccccc3)nc(-c3ccccc3)n2)cc1. The number of halogens is 1. The molecule has 0 aliphatic heterocycles. The predicted molar refractivity (Wildman–Crippen MR) is 118 cm³/mol. The topological polar surface area (TPSA) is 50.2 Å². The number of hydrazone groups is 1. The summed E-state index contributed by atoms with van der Waals surface area (Å²) in [6.45, 7) is 0. The third-order valence-corrected chi connectivity index (χ3v) is 4.62. The van der Waals surface area contributed by atoms with Gasteiger partial charge in [-0.1, -0.05) is 88.7 Å². The summed E-state index contributed by atoms with van der Waals surface area (Å²) in [4.78, 5) is 9.37. The number of anilines is 1. The van der Waals surface area contributed by atoms with Gasteiger partial charge in [0.2, 0.25) is 0 Å². The normalized spacial score (nSPS) is 10.9. The Morgan fingerprint density at radius 2 is 1.39 bits per heavy atom. The quantitative estimate of drug-likeness (QED) is 0.312. The second-order valence-corrected chi connectivity index (χ2v) is 7.03. The number of aromatic nitrogens is 2. The number of hydrogen-bond donors (Lipinski definition) is 1. The molecule has 0 aliphatic carbocycles. The highest BCUT2D eigenvalue weighted by atomic mass is 79.9. The molecular formula is C23H17BrN4. The number of nitrogens with zero attached hydrogens (tertiary/aromatic N) is 3. The fraction of sp³-hybridized carbons (Fsp3) is 0. The van der Waals surface area contributed by atoms with Gasteiger partial charge in [-0.25, -0.2) is 9.97 Å². The molecule has 0 atom stereocenters. The van der Waals surface area contributed by atoms with Gasteiger partial charge in [0.1, 0.15) is 0 Å². The maximum absolute atomic E-state index is 4.74. The molecule has 0 saturated carbocycles. The van der Waals surface area contributed by atoms with Crippen LogP contribution in [0.25, 0.3) is 22.6 Å². The van der Waals surface area contributed by atoms with Crippen LogP contribution in [0.4, 0.5) is 5.82 Å². The van der Waals surface area contributed by atoms with Crippen LogP contribution < -0.4 is 5.43 Å². The minimum absolute atomic E-state index is 0.640. The van der Waals surface area contributed by atoms with Crippen molar-refractivity contribution in [3.63, 3.8) is 0 Å². The first-order valence-electron chi connectivity index (χ1n) is 8.82. The molecule has 0 radical (unpaired) electrons. The number of hydrogen-bond acceptors (Lipinski definition) is 4. The molecule has 136 valence electrons. The van der Waals surface area contributed by atoms with Crippen molar-refractivity contribution in [2.75, 3.05) is 5.43 Å².